The van der Waals surface area contributed by atoms with Crippen LogP contribution in [0.25, 0.3) is 0 Å². The lowest BCUT2D eigenvalue weighted by atomic mass is 10.0. The average Bonchev–Trinajstić information content (AvgIpc) is 2.44. The third kappa shape index (κ3) is 3.84. The number of alkyl halides is 3. The smallest absolute Gasteiger partial charge is 0.381 e. The lowest BCUT2D eigenvalue weighted by Crippen LogP contribution is -2.42. The molecule has 1 amide bonds. The summed E-state index contributed by atoms with van der Waals surface area (Å²) in [5.41, 5.74) is -1.01. The second kappa shape index (κ2) is 5.99. The number of carbonyl (C=O) groups excluding carboxylic acids is 1. The van der Waals surface area contributed by atoms with E-state index in [0.29, 0.717) is 12.6 Å². The van der Waals surface area contributed by atoms with Gasteiger partial charge >= 0.3 is 6.18 Å². The molecule has 0 unspecified atom stereocenters. The lowest BCUT2D eigenvalue weighted by molar-refractivity contribution is -0.137. The summed E-state index contributed by atoms with van der Waals surface area (Å²) in [4.78, 5) is 14.8. The summed E-state index contributed by atoms with van der Waals surface area (Å²) in [7, 11) is 0. The van der Waals surface area contributed by atoms with E-state index in [1.54, 1.807) is 6.07 Å². The van der Waals surface area contributed by atoms with Crippen molar-refractivity contribution in [1.82, 2.24) is 10.3 Å². The SMILES string of the molecule is N#Cc1ncc(C(F)(F)F)cc1NC[C@H]1CCCC(=O)N1. The Morgan fingerprint density at radius 2 is 2.29 bits per heavy atom. The zero-order valence-electron chi connectivity index (χ0n) is 11.0. The molecule has 1 aliphatic heterocycles. The van der Waals surface area contributed by atoms with E-state index >= 15 is 0 Å². The van der Waals surface area contributed by atoms with E-state index in [9.17, 15) is 18.0 Å². The number of anilines is 1. The van der Waals surface area contributed by atoms with Crippen molar-refractivity contribution >= 4 is 11.6 Å². The van der Waals surface area contributed by atoms with Gasteiger partial charge in [-0.1, -0.05) is 0 Å². The van der Waals surface area contributed by atoms with Gasteiger partial charge in [0.25, 0.3) is 0 Å². The predicted octanol–water partition coefficient (Wildman–Crippen LogP) is 2.05. The maximum atomic E-state index is 12.6. The summed E-state index contributed by atoms with van der Waals surface area (Å²) >= 11 is 0. The molecule has 112 valence electrons. The van der Waals surface area contributed by atoms with Gasteiger partial charge in [-0.2, -0.15) is 18.4 Å². The van der Waals surface area contributed by atoms with Crippen molar-refractivity contribution in [2.24, 2.45) is 0 Å². The molecule has 1 aromatic rings. The topological polar surface area (TPSA) is 77.8 Å². The highest BCUT2D eigenvalue weighted by Gasteiger charge is 2.32. The minimum absolute atomic E-state index is 0.0205. The fraction of sp³-hybridized carbons (Fsp3) is 0.462. The number of nitriles is 1. The van der Waals surface area contributed by atoms with Crippen LogP contribution in [0, 0.1) is 11.3 Å². The van der Waals surface area contributed by atoms with Gasteiger partial charge in [-0.25, -0.2) is 4.98 Å². The maximum Gasteiger partial charge on any atom is 0.417 e. The van der Waals surface area contributed by atoms with E-state index in [1.165, 1.54) is 0 Å². The van der Waals surface area contributed by atoms with Gasteiger partial charge in [0, 0.05) is 25.2 Å². The summed E-state index contributed by atoms with van der Waals surface area (Å²) in [5, 5.41) is 14.4. The average molecular weight is 298 g/mol. The first-order valence-electron chi connectivity index (χ1n) is 6.40. The Morgan fingerprint density at radius 3 is 2.90 bits per heavy atom. The monoisotopic (exact) mass is 298 g/mol. The van der Waals surface area contributed by atoms with E-state index in [4.69, 9.17) is 5.26 Å². The molecular formula is C13H13F3N4O. The Hall–Kier alpha value is -2.30. The fourth-order valence-corrected chi connectivity index (χ4v) is 2.11. The minimum atomic E-state index is -4.52. The van der Waals surface area contributed by atoms with E-state index in [1.807, 2.05) is 0 Å². The number of nitrogens with one attached hydrogen (secondary N) is 2. The molecule has 1 atom stereocenters. The predicted molar refractivity (Wildman–Crippen MR) is 68.2 cm³/mol. The molecule has 2 N–H and O–H groups in total. The van der Waals surface area contributed by atoms with Crippen molar-refractivity contribution in [2.75, 3.05) is 11.9 Å². The number of rotatable bonds is 3. The number of hydrogen-bond donors (Lipinski definition) is 2. The zero-order chi connectivity index (χ0) is 15.5. The van der Waals surface area contributed by atoms with Crippen LogP contribution in [-0.4, -0.2) is 23.5 Å². The molecule has 21 heavy (non-hydrogen) atoms. The van der Waals surface area contributed by atoms with Crippen LogP contribution in [-0.2, 0) is 11.0 Å². The molecule has 8 heteroatoms. The standard InChI is InChI=1S/C13H13F3N4O/c14-13(15,16)8-4-10(11(5-17)18-6-8)19-7-9-2-1-3-12(21)20-9/h4,6,9,19H,1-3,7H2,(H,20,21)/t9-/m1/s1. The third-order valence-electron chi connectivity index (χ3n) is 3.18. The van der Waals surface area contributed by atoms with Crippen molar-refractivity contribution < 1.29 is 18.0 Å². The van der Waals surface area contributed by atoms with Gasteiger partial charge in [-0.3, -0.25) is 4.79 Å². The van der Waals surface area contributed by atoms with Gasteiger partial charge in [-0.15, -0.1) is 0 Å². The summed E-state index contributed by atoms with van der Waals surface area (Å²) < 4.78 is 37.9. The number of aromatic nitrogens is 1. The van der Waals surface area contributed by atoms with Crippen LogP contribution >= 0.6 is 0 Å². The Labute approximate surface area is 119 Å². The molecule has 2 rings (SSSR count). The molecule has 0 aromatic carbocycles. The van der Waals surface area contributed by atoms with Crippen molar-refractivity contribution in [3.05, 3.63) is 23.5 Å². The maximum absolute atomic E-state index is 12.6. The van der Waals surface area contributed by atoms with Crippen LogP contribution < -0.4 is 10.6 Å². The highest BCUT2D eigenvalue weighted by Crippen LogP contribution is 2.31. The summed E-state index contributed by atoms with van der Waals surface area (Å²) in [6, 6.07) is 2.44. The molecule has 0 spiro atoms. The molecule has 1 aromatic heterocycles. The van der Waals surface area contributed by atoms with Crippen LogP contribution in [0.1, 0.15) is 30.5 Å². The van der Waals surface area contributed by atoms with Crippen molar-refractivity contribution in [3.63, 3.8) is 0 Å². The number of amides is 1. The van der Waals surface area contributed by atoms with Crippen LogP contribution in [0.3, 0.4) is 0 Å². The normalized spacial score (nSPS) is 18.8. The number of halogens is 3. The number of piperidine rings is 1. The number of pyridine rings is 1. The molecule has 0 radical (unpaired) electrons. The van der Waals surface area contributed by atoms with E-state index in [0.717, 1.165) is 18.9 Å². The molecule has 0 aliphatic carbocycles. The van der Waals surface area contributed by atoms with Crippen molar-refractivity contribution in [2.45, 2.75) is 31.5 Å². The largest absolute Gasteiger partial charge is 0.417 e. The highest BCUT2D eigenvalue weighted by molar-refractivity contribution is 5.77. The Balaban J connectivity index is 2.11. The zero-order valence-corrected chi connectivity index (χ0v) is 11.0. The Kier molecular flexibility index (Phi) is 4.31. The molecule has 1 aliphatic rings. The van der Waals surface area contributed by atoms with Crippen LogP contribution in [0.2, 0.25) is 0 Å². The second-order valence-electron chi connectivity index (χ2n) is 4.77. The first-order valence-corrected chi connectivity index (χ1v) is 6.40. The second-order valence-corrected chi connectivity index (χ2v) is 4.77. The van der Waals surface area contributed by atoms with E-state index < -0.39 is 11.7 Å². The molecule has 1 saturated heterocycles. The molecule has 2 heterocycles. The summed E-state index contributed by atoms with van der Waals surface area (Å²) in [6.45, 7) is 0.253. The number of hydrogen-bond acceptors (Lipinski definition) is 4. The number of carbonyl (C=O) groups is 1. The lowest BCUT2D eigenvalue weighted by Gasteiger charge is -2.24. The number of nitrogens with zero attached hydrogens (tertiary/aromatic N) is 2. The third-order valence-corrected chi connectivity index (χ3v) is 3.18. The first kappa shape index (κ1) is 15.1. The van der Waals surface area contributed by atoms with E-state index in [2.05, 4.69) is 15.6 Å². The van der Waals surface area contributed by atoms with Gasteiger partial charge < -0.3 is 10.6 Å². The van der Waals surface area contributed by atoms with Crippen LogP contribution in [0.15, 0.2) is 12.3 Å². The first-order chi connectivity index (χ1) is 9.90. The van der Waals surface area contributed by atoms with Crippen LogP contribution in [0.4, 0.5) is 18.9 Å². The molecule has 0 saturated carbocycles. The summed E-state index contributed by atoms with van der Waals surface area (Å²) in [6.07, 6.45) is -1.94. The van der Waals surface area contributed by atoms with Crippen LogP contribution in [0.5, 0.6) is 0 Å². The molecule has 5 nitrogen and oxygen atoms in total. The van der Waals surface area contributed by atoms with Gasteiger partial charge in [0.2, 0.25) is 5.91 Å². The Bertz CT molecular complexity index is 580. The van der Waals surface area contributed by atoms with E-state index in [-0.39, 0.29) is 29.9 Å². The molecule has 1 fully saturated rings. The van der Waals surface area contributed by atoms with Gasteiger partial charge in [0.1, 0.15) is 6.07 Å². The van der Waals surface area contributed by atoms with Crippen molar-refractivity contribution in [1.29, 1.82) is 5.26 Å². The molecule has 0 bridgehead atoms. The van der Waals surface area contributed by atoms with Gasteiger partial charge in [0.15, 0.2) is 5.69 Å². The summed E-state index contributed by atoms with van der Waals surface area (Å²) in [5.74, 6) is -0.0734. The molecular weight excluding hydrogens is 285 g/mol. The highest BCUT2D eigenvalue weighted by atomic mass is 19.4. The quantitative estimate of drug-likeness (QED) is 0.895. The minimum Gasteiger partial charge on any atom is -0.381 e. The van der Waals surface area contributed by atoms with Gasteiger partial charge in [-0.05, 0) is 18.9 Å². The fourth-order valence-electron chi connectivity index (χ4n) is 2.11. The van der Waals surface area contributed by atoms with Gasteiger partial charge in [0.05, 0.1) is 11.3 Å². The Morgan fingerprint density at radius 1 is 1.52 bits per heavy atom. The van der Waals surface area contributed by atoms with Crippen molar-refractivity contribution in [3.8, 4) is 6.07 Å².